The summed E-state index contributed by atoms with van der Waals surface area (Å²) in [5, 5.41) is 9.56. The Hall–Kier alpha value is -3.11. The Kier molecular flexibility index (Phi) is 9.41. The Morgan fingerprint density at radius 3 is 2.55 bits per heavy atom. The molecule has 4 N–H and O–H groups in total. The Morgan fingerprint density at radius 2 is 1.88 bits per heavy atom. The van der Waals surface area contributed by atoms with E-state index in [1.165, 1.54) is 12.1 Å². The molecule has 3 aromatic rings. The van der Waals surface area contributed by atoms with E-state index in [-0.39, 0.29) is 35.8 Å². The fraction of sp³-hybridized carbons (Fsp3) is 0.464. The number of nitrogens with zero attached hydrogens (tertiary/aromatic N) is 1. The molecule has 0 atom stereocenters. The second-order valence-electron chi connectivity index (χ2n) is 10.9. The minimum atomic E-state index is -2.70. The van der Waals surface area contributed by atoms with Gasteiger partial charge in [-0.1, -0.05) is 69.3 Å². The highest BCUT2D eigenvalue weighted by Gasteiger charge is 2.23. The molecule has 0 radical (unpaired) electrons. The summed E-state index contributed by atoms with van der Waals surface area (Å²) >= 11 is 13.1. The third kappa shape index (κ3) is 7.34. The van der Waals surface area contributed by atoms with Crippen LogP contribution in [0.5, 0.6) is 5.75 Å². The number of ether oxygens (including phenoxy) is 1. The van der Waals surface area contributed by atoms with E-state index in [0.29, 0.717) is 32.3 Å². The highest BCUT2D eigenvalue weighted by Crippen LogP contribution is 2.36. The summed E-state index contributed by atoms with van der Waals surface area (Å²) in [5.74, 6) is -0.233. The first-order valence-electron chi connectivity index (χ1n) is 13.2. The van der Waals surface area contributed by atoms with Gasteiger partial charge in [0.05, 0.1) is 32.3 Å². The van der Waals surface area contributed by atoms with Gasteiger partial charge < -0.3 is 25.7 Å². The summed E-state index contributed by atoms with van der Waals surface area (Å²) in [7, 11) is 0. The molecule has 2 amide bonds. The zero-order valence-electron chi connectivity index (χ0n) is 22.6. The quantitative estimate of drug-likeness (QED) is 0.213. The molecule has 1 heterocycles. The molecule has 12 heteroatoms. The smallest absolute Gasteiger partial charge is 0.272 e. The Bertz CT molecular complexity index is 1380. The van der Waals surface area contributed by atoms with E-state index in [9.17, 15) is 18.4 Å². The number of aromatic amines is 1. The molecular formula is C28H33Cl2F2N5O3. The van der Waals surface area contributed by atoms with E-state index >= 15 is 0 Å². The number of H-pyrrole nitrogens is 1. The van der Waals surface area contributed by atoms with Crippen molar-refractivity contribution >= 4 is 57.7 Å². The van der Waals surface area contributed by atoms with Crippen molar-refractivity contribution in [1.82, 2.24) is 20.6 Å². The standard InChI is InChI=1S/C28H33Cl2F2N5O3/c1-28(2,3)26(39)33-13-15-9-10-18(29)24(23(15)30)37-27-35-19-11-17(25(38)34-16-7-5-4-6-8-16)21(12-20(19)36-27)40-14-22(31)32/h9-12,16,22H,4-8,13-14H2,1-3H3,(H,33,39)(H,34,38)(H2,35,36,37). The van der Waals surface area contributed by atoms with Crippen molar-refractivity contribution in [3.8, 4) is 5.75 Å². The molecular weight excluding hydrogens is 563 g/mol. The second kappa shape index (κ2) is 12.6. The van der Waals surface area contributed by atoms with Crippen molar-refractivity contribution in [2.24, 2.45) is 5.41 Å². The number of halogens is 4. The van der Waals surface area contributed by atoms with Gasteiger partial charge in [0.15, 0.2) is 0 Å². The summed E-state index contributed by atoms with van der Waals surface area (Å²) in [5.41, 5.74) is 1.48. The fourth-order valence-corrected chi connectivity index (χ4v) is 4.99. The highest BCUT2D eigenvalue weighted by atomic mass is 35.5. The number of anilines is 2. The number of rotatable bonds is 9. The van der Waals surface area contributed by atoms with Crippen molar-refractivity contribution in [2.75, 3.05) is 11.9 Å². The van der Waals surface area contributed by atoms with Crippen LogP contribution in [0, 0.1) is 5.41 Å². The lowest BCUT2D eigenvalue weighted by Crippen LogP contribution is -2.36. The van der Waals surface area contributed by atoms with Crippen molar-refractivity contribution in [2.45, 2.75) is 71.9 Å². The second-order valence-corrected chi connectivity index (χ2v) is 11.7. The van der Waals surface area contributed by atoms with E-state index in [1.54, 1.807) is 12.1 Å². The van der Waals surface area contributed by atoms with Gasteiger partial charge in [-0.2, -0.15) is 0 Å². The van der Waals surface area contributed by atoms with Crippen LogP contribution < -0.4 is 20.7 Å². The van der Waals surface area contributed by atoms with E-state index in [1.807, 2.05) is 20.8 Å². The normalized spacial score (nSPS) is 14.4. The molecule has 1 saturated carbocycles. The number of fused-ring (bicyclic) bond motifs is 1. The van der Waals surface area contributed by atoms with Crippen LogP contribution in [0.3, 0.4) is 0 Å². The molecule has 0 spiro atoms. The van der Waals surface area contributed by atoms with Gasteiger partial charge >= 0.3 is 0 Å². The van der Waals surface area contributed by atoms with Crippen molar-refractivity contribution in [3.05, 3.63) is 45.4 Å². The van der Waals surface area contributed by atoms with Crippen molar-refractivity contribution in [1.29, 1.82) is 0 Å². The third-order valence-corrected chi connectivity index (χ3v) is 7.41. The average Bonchev–Trinajstić information content (AvgIpc) is 3.30. The molecule has 1 aliphatic carbocycles. The van der Waals surface area contributed by atoms with Gasteiger partial charge in [-0.05, 0) is 30.5 Å². The zero-order chi connectivity index (χ0) is 29.0. The number of imidazole rings is 1. The molecule has 1 fully saturated rings. The minimum Gasteiger partial charge on any atom is -0.487 e. The molecule has 2 aromatic carbocycles. The number of aromatic nitrogens is 2. The Balaban J connectivity index is 1.60. The number of alkyl halides is 2. The molecule has 0 saturated heterocycles. The van der Waals surface area contributed by atoms with E-state index in [2.05, 4.69) is 25.9 Å². The Labute approximate surface area is 241 Å². The SMILES string of the molecule is CC(C)(C)C(=O)NCc1ccc(Cl)c(Nc2nc3cc(OCC(F)F)c(C(=O)NC4CCCCC4)cc3[nH]2)c1Cl. The van der Waals surface area contributed by atoms with Crippen LogP contribution in [0.1, 0.15) is 68.8 Å². The van der Waals surface area contributed by atoms with Crippen molar-refractivity contribution in [3.63, 3.8) is 0 Å². The zero-order valence-corrected chi connectivity index (χ0v) is 24.1. The minimum absolute atomic E-state index is 0.0202. The number of hydrogen-bond donors (Lipinski definition) is 4. The number of amides is 2. The first-order valence-corrected chi connectivity index (χ1v) is 14.0. The molecule has 4 rings (SSSR count). The predicted molar refractivity (Wildman–Crippen MR) is 153 cm³/mol. The van der Waals surface area contributed by atoms with Crippen molar-refractivity contribution < 1.29 is 23.1 Å². The van der Waals surface area contributed by atoms with Crippen LogP contribution in [-0.2, 0) is 11.3 Å². The van der Waals surface area contributed by atoms with Gasteiger partial charge in [0, 0.05) is 24.1 Å². The largest absolute Gasteiger partial charge is 0.487 e. The number of carbonyl (C=O) groups is 2. The molecule has 0 aliphatic heterocycles. The molecule has 8 nitrogen and oxygen atoms in total. The average molecular weight is 597 g/mol. The van der Waals surface area contributed by atoms with Crippen LogP contribution in [0.25, 0.3) is 11.0 Å². The number of hydrogen-bond acceptors (Lipinski definition) is 5. The van der Waals surface area contributed by atoms with Crippen LogP contribution >= 0.6 is 23.2 Å². The van der Waals surface area contributed by atoms with Gasteiger partial charge in [-0.3, -0.25) is 9.59 Å². The number of carbonyl (C=O) groups excluding carboxylic acids is 2. The summed E-state index contributed by atoms with van der Waals surface area (Å²) in [6.45, 7) is 4.79. The van der Waals surface area contributed by atoms with Gasteiger partial charge in [-0.15, -0.1) is 0 Å². The first-order chi connectivity index (χ1) is 18.9. The molecule has 1 aromatic heterocycles. The summed E-state index contributed by atoms with van der Waals surface area (Å²) in [6.07, 6.45) is 2.24. The third-order valence-electron chi connectivity index (χ3n) is 6.67. The van der Waals surface area contributed by atoms with Crippen LogP contribution in [0.15, 0.2) is 24.3 Å². The van der Waals surface area contributed by atoms with Gasteiger partial charge in [-0.25, -0.2) is 13.8 Å². The lowest BCUT2D eigenvalue weighted by molar-refractivity contribution is -0.128. The number of nitrogens with one attached hydrogen (secondary N) is 4. The van der Waals surface area contributed by atoms with Crippen LogP contribution in [0.2, 0.25) is 10.0 Å². The maximum Gasteiger partial charge on any atom is 0.272 e. The van der Waals surface area contributed by atoms with Gasteiger partial charge in [0.25, 0.3) is 12.3 Å². The summed E-state index contributed by atoms with van der Waals surface area (Å²) in [4.78, 5) is 33.0. The molecule has 1 aliphatic rings. The fourth-order valence-electron chi connectivity index (χ4n) is 4.46. The Morgan fingerprint density at radius 1 is 1.15 bits per heavy atom. The monoisotopic (exact) mass is 595 g/mol. The van der Waals surface area contributed by atoms with Gasteiger partial charge in [0.1, 0.15) is 12.4 Å². The lowest BCUT2D eigenvalue weighted by atomic mass is 9.95. The predicted octanol–water partition coefficient (Wildman–Crippen LogP) is 6.98. The van der Waals surface area contributed by atoms with Crippen LogP contribution in [-0.4, -0.2) is 40.9 Å². The topological polar surface area (TPSA) is 108 Å². The molecule has 40 heavy (non-hydrogen) atoms. The van der Waals surface area contributed by atoms with Crippen LogP contribution in [0.4, 0.5) is 20.4 Å². The molecule has 216 valence electrons. The van der Waals surface area contributed by atoms with E-state index < -0.39 is 24.4 Å². The number of benzene rings is 2. The summed E-state index contributed by atoms with van der Waals surface area (Å²) in [6, 6.07) is 6.40. The van der Waals surface area contributed by atoms with Gasteiger partial charge in [0.2, 0.25) is 11.9 Å². The first kappa shape index (κ1) is 29.9. The van der Waals surface area contributed by atoms with E-state index in [0.717, 1.165) is 32.1 Å². The van der Waals surface area contributed by atoms with E-state index in [4.69, 9.17) is 27.9 Å². The highest BCUT2D eigenvalue weighted by molar-refractivity contribution is 6.39. The summed E-state index contributed by atoms with van der Waals surface area (Å²) < 4.78 is 31.2. The molecule has 0 bridgehead atoms. The lowest BCUT2D eigenvalue weighted by Gasteiger charge is -2.23. The maximum atomic E-state index is 13.1. The maximum absolute atomic E-state index is 13.1. The molecule has 0 unspecified atom stereocenters.